The third-order valence-electron chi connectivity index (χ3n) is 3.99. The first kappa shape index (κ1) is 14.2. The van der Waals surface area contributed by atoms with Crippen molar-refractivity contribution in [2.45, 2.75) is 6.92 Å². The average Bonchev–Trinajstić information content (AvgIpc) is 3.00. The summed E-state index contributed by atoms with van der Waals surface area (Å²) >= 11 is 3.54. The quantitative estimate of drug-likeness (QED) is 0.444. The predicted octanol–water partition coefficient (Wildman–Crippen LogP) is 5.74. The van der Waals surface area contributed by atoms with Gasteiger partial charge in [-0.3, -0.25) is 0 Å². The van der Waals surface area contributed by atoms with Crippen molar-refractivity contribution in [3.05, 3.63) is 83.1 Å². The molecular formula is C20H15BrN2. The summed E-state index contributed by atoms with van der Waals surface area (Å²) < 4.78 is 3.13. The Labute approximate surface area is 143 Å². The number of aryl methyl sites for hydroxylation is 1. The van der Waals surface area contributed by atoms with E-state index in [2.05, 4.69) is 88.0 Å². The maximum absolute atomic E-state index is 4.77. The summed E-state index contributed by atoms with van der Waals surface area (Å²) in [5, 5.41) is 0. The van der Waals surface area contributed by atoms with Crippen molar-refractivity contribution in [1.82, 2.24) is 9.38 Å². The van der Waals surface area contributed by atoms with Gasteiger partial charge in [0.05, 0.1) is 5.69 Å². The number of benzene rings is 2. The second-order valence-electron chi connectivity index (χ2n) is 5.64. The van der Waals surface area contributed by atoms with Crippen LogP contribution in [0, 0.1) is 6.92 Å². The molecule has 0 aliphatic rings. The monoisotopic (exact) mass is 362 g/mol. The van der Waals surface area contributed by atoms with Crippen LogP contribution in [0.5, 0.6) is 0 Å². The third kappa shape index (κ3) is 2.68. The zero-order valence-corrected chi connectivity index (χ0v) is 14.3. The van der Waals surface area contributed by atoms with Crippen molar-refractivity contribution >= 4 is 21.6 Å². The lowest BCUT2D eigenvalue weighted by atomic mass is 10.0. The molecule has 0 N–H and O–H groups in total. The normalized spacial score (nSPS) is 11.0. The Bertz CT molecular complexity index is 970. The number of imidazole rings is 1. The summed E-state index contributed by atoms with van der Waals surface area (Å²) in [7, 11) is 0. The van der Waals surface area contributed by atoms with Crippen LogP contribution in [0.25, 0.3) is 28.0 Å². The van der Waals surface area contributed by atoms with Gasteiger partial charge in [-0.2, -0.15) is 0 Å². The first-order chi connectivity index (χ1) is 11.2. The molecule has 3 heteroatoms. The second-order valence-corrected chi connectivity index (χ2v) is 6.56. The maximum atomic E-state index is 4.77. The Hall–Kier alpha value is -2.39. The first-order valence-corrected chi connectivity index (χ1v) is 8.31. The fourth-order valence-corrected chi connectivity index (χ4v) is 3.39. The minimum Gasteiger partial charge on any atom is -0.305 e. The molecule has 0 saturated carbocycles. The molecule has 2 nitrogen and oxygen atoms in total. The Morgan fingerprint density at radius 2 is 1.48 bits per heavy atom. The minimum atomic E-state index is 0.991. The molecular weight excluding hydrogens is 348 g/mol. The molecule has 2 aromatic heterocycles. The van der Waals surface area contributed by atoms with E-state index in [9.17, 15) is 0 Å². The van der Waals surface area contributed by atoms with E-state index in [1.54, 1.807) is 0 Å². The molecule has 0 unspecified atom stereocenters. The van der Waals surface area contributed by atoms with Gasteiger partial charge in [0, 0.05) is 22.4 Å². The van der Waals surface area contributed by atoms with Gasteiger partial charge in [0.1, 0.15) is 5.65 Å². The van der Waals surface area contributed by atoms with Crippen LogP contribution in [0.4, 0.5) is 0 Å². The molecule has 4 aromatic rings. The fourth-order valence-electron chi connectivity index (χ4n) is 2.83. The van der Waals surface area contributed by atoms with Crippen LogP contribution in [-0.2, 0) is 0 Å². The van der Waals surface area contributed by atoms with E-state index >= 15 is 0 Å². The van der Waals surface area contributed by atoms with E-state index in [1.807, 2.05) is 12.3 Å². The van der Waals surface area contributed by atoms with Crippen molar-refractivity contribution < 1.29 is 0 Å². The van der Waals surface area contributed by atoms with Crippen molar-refractivity contribution in [2.75, 3.05) is 0 Å². The average molecular weight is 363 g/mol. The van der Waals surface area contributed by atoms with Crippen molar-refractivity contribution in [3.8, 4) is 22.4 Å². The Morgan fingerprint density at radius 1 is 0.826 bits per heavy atom. The van der Waals surface area contributed by atoms with Gasteiger partial charge in [-0.25, -0.2) is 4.98 Å². The summed E-state index contributed by atoms with van der Waals surface area (Å²) in [4.78, 5) is 4.77. The minimum absolute atomic E-state index is 0.991. The molecule has 0 aliphatic heterocycles. The van der Waals surface area contributed by atoms with E-state index in [4.69, 9.17) is 4.98 Å². The Morgan fingerprint density at radius 3 is 2.22 bits per heavy atom. The Kier molecular flexibility index (Phi) is 3.50. The number of rotatable bonds is 2. The lowest BCUT2D eigenvalue weighted by Crippen LogP contribution is -1.86. The molecule has 0 bridgehead atoms. The van der Waals surface area contributed by atoms with Crippen LogP contribution in [0.1, 0.15) is 5.56 Å². The zero-order valence-electron chi connectivity index (χ0n) is 12.7. The fraction of sp³-hybridized carbons (Fsp3) is 0.0500. The smallest absolute Gasteiger partial charge is 0.140 e. The molecule has 0 aliphatic carbocycles. The van der Waals surface area contributed by atoms with E-state index in [-0.39, 0.29) is 0 Å². The van der Waals surface area contributed by atoms with Gasteiger partial charge in [-0.15, -0.1) is 0 Å². The van der Waals surface area contributed by atoms with Gasteiger partial charge in [-0.1, -0.05) is 54.6 Å². The molecule has 0 spiro atoms. The highest BCUT2D eigenvalue weighted by molar-refractivity contribution is 9.10. The highest BCUT2D eigenvalue weighted by Crippen LogP contribution is 2.26. The number of pyridine rings is 1. The van der Waals surface area contributed by atoms with Gasteiger partial charge < -0.3 is 4.40 Å². The molecule has 2 heterocycles. The molecule has 112 valence electrons. The van der Waals surface area contributed by atoms with Crippen molar-refractivity contribution in [1.29, 1.82) is 0 Å². The van der Waals surface area contributed by atoms with Crippen LogP contribution in [0.15, 0.2) is 77.5 Å². The standard InChI is InChI=1S/C20H15BrN2/c1-14-11-18(21)12-23-13-19(22-20(14)23)17-9-7-16(8-10-17)15-5-3-2-4-6-15/h2-13H,1H3. The molecule has 0 amide bonds. The molecule has 2 aromatic carbocycles. The van der Waals surface area contributed by atoms with Crippen molar-refractivity contribution in [3.63, 3.8) is 0 Å². The summed E-state index contributed by atoms with van der Waals surface area (Å²) in [5.41, 5.74) is 6.72. The summed E-state index contributed by atoms with van der Waals surface area (Å²) in [6, 6.07) is 21.1. The van der Waals surface area contributed by atoms with E-state index in [0.29, 0.717) is 0 Å². The molecule has 23 heavy (non-hydrogen) atoms. The van der Waals surface area contributed by atoms with Gasteiger partial charge >= 0.3 is 0 Å². The summed E-state index contributed by atoms with van der Waals surface area (Å²) in [5.74, 6) is 0. The van der Waals surface area contributed by atoms with Crippen LogP contribution in [0.3, 0.4) is 0 Å². The van der Waals surface area contributed by atoms with Gasteiger partial charge in [0.2, 0.25) is 0 Å². The lowest BCUT2D eigenvalue weighted by molar-refractivity contribution is 1.15. The lowest BCUT2D eigenvalue weighted by Gasteiger charge is -2.02. The van der Waals surface area contributed by atoms with Crippen LogP contribution in [0.2, 0.25) is 0 Å². The molecule has 0 saturated heterocycles. The highest BCUT2D eigenvalue weighted by atomic mass is 79.9. The molecule has 0 atom stereocenters. The number of fused-ring (bicyclic) bond motifs is 1. The predicted molar refractivity (Wildman–Crippen MR) is 98.5 cm³/mol. The first-order valence-electron chi connectivity index (χ1n) is 7.51. The van der Waals surface area contributed by atoms with E-state index < -0.39 is 0 Å². The zero-order chi connectivity index (χ0) is 15.8. The number of aromatic nitrogens is 2. The van der Waals surface area contributed by atoms with Gasteiger partial charge in [0.15, 0.2) is 0 Å². The van der Waals surface area contributed by atoms with Crippen LogP contribution < -0.4 is 0 Å². The molecule has 0 fully saturated rings. The van der Waals surface area contributed by atoms with E-state index in [1.165, 1.54) is 11.1 Å². The highest BCUT2D eigenvalue weighted by Gasteiger charge is 2.07. The van der Waals surface area contributed by atoms with E-state index in [0.717, 1.165) is 26.9 Å². The second kappa shape index (κ2) is 5.67. The molecule has 0 radical (unpaired) electrons. The maximum Gasteiger partial charge on any atom is 0.140 e. The SMILES string of the molecule is Cc1cc(Br)cn2cc(-c3ccc(-c4ccccc4)cc3)nc12. The summed E-state index contributed by atoms with van der Waals surface area (Å²) in [6.07, 6.45) is 4.11. The summed E-state index contributed by atoms with van der Waals surface area (Å²) in [6.45, 7) is 2.08. The largest absolute Gasteiger partial charge is 0.305 e. The van der Waals surface area contributed by atoms with Crippen molar-refractivity contribution in [2.24, 2.45) is 0 Å². The topological polar surface area (TPSA) is 17.3 Å². The number of hydrogen-bond acceptors (Lipinski definition) is 1. The van der Waals surface area contributed by atoms with Gasteiger partial charge in [-0.05, 0) is 45.6 Å². The van der Waals surface area contributed by atoms with Crippen LogP contribution in [-0.4, -0.2) is 9.38 Å². The number of halogens is 1. The van der Waals surface area contributed by atoms with Gasteiger partial charge in [0.25, 0.3) is 0 Å². The number of hydrogen-bond donors (Lipinski definition) is 0. The number of nitrogens with zero attached hydrogens (tertiary/aromatic N) is 2. The van der Waals surface area contributed by atoms with Crippen LogP contribution >= 0.6 is 15.9 Å². The molecule has 4 rings (SSSR count). The third-order valence-corrected chi connectivity index (χ3v) is 4.42. The Balaban J connectivity index is 1.75.